The lowest BCUT2D eigenvalue weighted by Gasteiger charge is -2.11. The number of allylic oxidation sites excluding steroid dienone is 2. The Kier molecular flexibility index (Phi) is 1.11. The Bertz CT molecular complexity index is 147. The van der Waals surface area contributed by atoms with Gasteiger partial charge in [0, 0.05) is 4.11 Å². The molecule has 46 valence electrons. The van der Waals surface area contributed by atoms with Crippen molar-refractivity contribution in [2.45, 2.75) is 39.0 Å². The van der Waals surface area contributed by atoms with Gasteiger partial charge in [-0.2, -0.15) is 0 Å². The highest BCUT2D eigenvalue weighted by atomic mass is 14.1. The molecule has 0 aliphatic heterocycles. The molecule has 0 N–H and O–H groups in total. The fourth-order valence-corrected chi connectivity index (χ4v) is 1.15. The first-order chi connectivity index (χ1) is 5.08. The third-order valence-corrected chi connectivity index (χ3v) is 1.70. The van der Waals surface area contributed by atoms with E-state index in [2.05, 4.69) is 0 Å². The number of hydrogen-bond acceptors (Lipinski definition) is 0. The molecule has 1 rings (SSSR count). The SMILES string of the molecule is [2H]C([2H])([2H])C=C1CCCCC1. The van der Waals surface area contributed by atoms with Crippen molar-refractivity contribution in [2.24, 2.45) is 0 Å². The fraction of sp³-hybridized carbons (Fsp3) is 0.750. The Morgan fingerprint density at radius 3 is 2.75 bits per heavy atom. The van der Waals surface area contributed by atoms with Crippen molar-refractivity contribution in [3.8, 4) is 0 Å². The average molecular weight is 113 g/mol. The van der Waals surface area contributed by atoms with Crippen LogP contribution in [0.1, 0.15) is 43.1 Å². The maximum absolute atomic E-state index is 7.03. The van der Waals surface area contributed by atoms with Crippen molar-refractivity contribution < 1.29 is 4.11 Å². The largest absolute Gasteiger partial charge is 0.0885 e. The molecule has 0 heterocycles. The fourth-order valence-electron chi connectivity index (χ4n) is 1.15. The maximum Gasteiger partial charge on any atom is 0.0273 e. The van der Waals surface area contributed by atoms with Crippen molar-refractivity contribution in [3.05, 3.63) is 11.6 Å². The Labute approximate surface area is 55.8 Å². The third kappa shape index (κ3) is 1.36. The summed E-state index contributed by atoms with van der Waals surface area (Å²) >= 11 is 0. The average Bonchev–Trinajstić information content (AvgIpc) is 1.85. The highest BCUT2D eigenvalue weighted by Crippen LogP contribution is 2.21. The second kappa shape index (κ2) is 2.91. The standard InChI is InChI=1S/C8H14/c1-2-8-6-4-3-5-7-8/h2H,3-7H2,1H3/i1D3. The molecule has 0 nitrogen and oxygen atoms in total. The lowest BCUT2D eigenvalue weighted by Crippen LogP contribution is -1.91. The zero-order valence-electron chi connectivity index (χ0n) is 8.11. The monoisotopic (exact) mass is 113 g/mol. The highest BCUT2D eigenvalue weighted by molar-refractivity contribution is 5.01. The number of hydrogen-bond donors (Lipinski definition) is 0. The summed E-state index contributed by atoms with van der Waals surface area (Å²) in [5.74, 6) is 0. The number of rotatable bonds is 0. The van der Waals surface area contributed by atoms with Gasteiger partial charge in [0.15, 0.2) is 0 Å². The molecular weight excluding hydrogens is 96.1 g/mol. The minimum Gasteiger partial charge on any atom is -0.0885 e. The minimum absolute atomic E-state index is 0.998. The zero-order chi connectivity index (χ0) is 8.32. The normalized spacial score (nSPS) is 28.0. The molecule has 1 aliphatic rings. The lowest BCUT2D eigenvalue weighted by molar-refractivity contribution is 0.598. The summed E-state index contributed by atoms with van der Waals surface area (Å²) < 4.78 is 21.1. The molecule has 0 saturated heterocycles. The van der Waals surface area contributed by atoms with Gasteiger partial charge in [0.1, 0.15) is 0 Å². The molecular formula is C8H14. The highest BCUT2D eigenvalue weighted by Gasteiger charge is 2.01. The van der Waals surface area contributed by atoms with Gasteiger partial charge in [-0.3, -0.25) is 0 Å². The molecule has 0 unspecified atom stereocenters. The summed E-state index contributed by atoms with van der Waals surface area (Å²) in [4.78, 5) is 0. The summed E-state index contributed by atoms with van der Waals surface area (Å²) in [6.45, 7) is -1.85. The lowest BCUT2D eigenvalue weighted by atomic mass is 9.95. The molecule has 0 spiro atoms. The van der Waals surface area contributed by atoms with Crippen molar-refractivity contribution in [1.82, 2.24) is 0 Å². The Balaban J connectivity index is 2.50. The molecule has 0 aromatic heterocycles. The first-order valence-corrected chi connectivity index (χ1v) is 3.28. The summed E-state index contributed by atoms with van der Waals surface area (Å²) in [5.41, 5.74) is 1.14. The molecule has 1 saturated carbocycles. The first kappa shape index (κ1) is 3.05. The van der Waals surface area contributed by atoms with Gasteiger partial charge in [0.05, 0.1) is 0 Å². The van der Waals surface area contributed by atoms with E-state index in [1.54, 1.807) is 0 Å². The van der Waals surface area contributed by atoms with Crippen LogP contribution in [0, 0.1) is 0 Å². The maximum atomic E-state index is 7.03. The third-order valence-electron chi connectivity index (χ3n) is 1.70. The topological polar surface area (TPSA) is 0 Å². The predicted molar refractivity (Wildman–Crippen MR) is 36.8 cm³/mol. The zero-order valence-corrected chi connectivity index (χ0v) is 5.11. The van der Waals surface area contributed by atoms with Crippen LogP contribution in [0.25, 0.3) is 0 Å². The van der Waals surface area contributed by atoms with Crippen LogP contribution in [-0.4, -0.2) is 0 Å². The quantitative estimate of drug-likeness (QED) is 0.424. The van der Waals surface area contributed by atoms with Crippen molar-refractivity contribution in [1.29, 1.82) is 0 Å². The van der Waals surface area contributed by atoms with Gasteiger partial charge in [-0.05, 0) is 32.5 Å². The van der Waals surface area contributed by atoms with Crippen LogP contribution in [-0.2, 0) is 0 Å². The van der Waals surface area contributed by atoms with Gasteiger partial charge in [-0.25, -0.2) is 0 Å². The van der Waals surface area contributed by atoms with E-state index < -0.39 is 6.85 Å². The van der Waals surface area contributed by atoms with Crippen LogP contribution in [0.15, 0.2) is 11.6 Å². The van der Waals surface area contributed by atoms with Crippen molar-refractivity contribution in [3.63, 3.8) is 0 Å². The Morgan fingerprint density at radius 2 is 2.12 bits per heavy atom. The molecule has 8 heavy (non-hydrogen) atoms. The van der Waals surface area contributed by atoms with Crippen LogP contribution < -0.4 is 0 Å². The minimum atomic E-state index is -1.85. The summed E-state index contributed by atoms with van der Waals surface area (Å²) in [6, 6.07) is 0. The van der Waals surface area contributed by atoms with Crippen LogP contribution >= 0.6 is 0 Å². The van der Waals surface area contributed by atoms with Gasteiger partial charge < -0.3 is 0 Å². The molecule has 0 aromatic carbocycles. The van der Waals surface area contributed by atoms with E-state index in [1.165, 1.54) is 25.3 Å². The van der Waals surface area contributed by atoms with Gasteiger partial charge in [-0.1, -0.05) is 18.1 Å². The molecule has 0 amide bonds. The van der Waals surface area contributed by atoms with E-state index in [4.69, 9.17) is 4.11 Å². The molecule has 0 atom stereocenters. The second-order valence-electron chi connectivity index (χ2n) is 2.36. The van der Waals surface area contributed by atoms with Crippen LogP contribution in [0.2, 0.25) is 0 Å². The summed E-state index contributed by atoms with van der Waals surface area (Å²) in [7, 11) is 0. The van der Waals surface area contributed by atoms with Gasteiger partial charge in [0.2, 0.25) is 0 Å². The molecule has 0 aromatic rings. The van der Waals surface area contributed by atoms with Crippen molar-refractivity contribution in [2.75, 3.05) is 0 Å². The van der Waals surface area contributed by atoms with E-state index in [0.717, 1.165) is 18.4 Å². The van der Waals surface area contributed by atoms with Crippen LogP contribution in [0.3, 0.4) is 0 Å². The molecule has 1 aliphatic carbocycles. The predicted octanol–water partition coefficient (Wildman–Crippen LogP) is 2.90. The van der Waals surface area contributed by atoms with E-state index in [1.807, 2.05) is 0 Å². The molecule has 0 heteroatoms. The summed E-state index contributed by atoms with van der Waals surface area (Å²) in [5, 5.41) is 0. The van der Waals surface area contributed by atoms with Crippen LogP contribution in [0.4, 0.5) is 0 Å². The van der Waals surface area contributed by atoms with Crippen molar-refractivity contribution >= 4 is 0 Å². The van der Waals surface area contributed by atoms with E-state index in [-0.39, 0.29) is 0 Å². The van der Waals surface area contributed by atoms with E-state index in [9.17, 15) is 0 Å². The smallest absolute Gasteiger partial charge is 0.0273 e. The summed E-state index contributed by atoms with van der Waals surface area (Å²) in [6.07, 6.45) is 7.06. The molecule has 0 bridgehead atoms. The Morgan fingerprint density at radius 1 is 1.38 bits per heavy atom. The van der Waals surface area contributed by atoms with Gasteiger partial charge in [0.25, 0.3) is 0 Å². The molecule has 0 radical (unpaired) electrons. The van der Waals surface area contributed by atoms with E-state index in [0.29, 0.717) is 0 Å². The van der Waals surface area contributed by atoms with Gasteiger partial charge >= 0.3 is 0 Å². The first-order valence-electron chi connectivity index (χ1n) is 4.78. The molecule has 1 fully saturated rings. The van der Waals surface area contributed by atoms with E-state index >= 15 is 0 Å². The Hall–Kier alpha value is -0.260. The van der Waals surface area contributed by atoms with Gasteiger partial charge in [-0.15, -0.1) is 0 Å². The second-order valence-corrected chi connectivity index (χ2v) is 2.36. The van der Waals surface area contributed by atoms with Crippen LogP contribution in [0.5, 0.6) is 0 Å².